The monoisotopic (exact) mass is 248 g/mol. The molecule has 0 fully saturated rings. The van der Waals surface area contributed by atoms with E-state index in [1.165, 1.54) is 56.9 Å². The number of unbranched alkanes of at least 4 members (excludes halogenated alkanes) is 7. The Hall–Kier alpha value is -0.890. The lowest BCUT2D eigenvalue weighted by Gasteiger charge is -2.11. The summed E-state index contributed by atoms with van der Waals surface area (Å²) >= 11 is 0. The number of rotatable bonds is 10. The SMILES string of the molecule is CCCCCCCCCCC(N)c1cccnc1. The minimum absolute atomic E-state index is 0.166. The fourth-order valence-electron chi connectivity index (χ4n) is 2.26. The van der Waals surface area contributed by atoms with Gasteiger partial charge in [-0.15, -0.1) is 0 Å². The van der Waals surface area contributed by atoms with Crippen molar-refractivity contribution in [3.63, 3.8) is 0 Å². The molecule has 1 aromatic heterocycles. The third kappa shape index (κ3) is 6.75. The van der Waals surface area contributed by atoms with Gasteiger partial charge >= 0.3 is 0 Å². The van der Waals surface area contributed by atoms with E-state index in [0.29, 0.717) is 0 Å². The first-order chi connectivity index (χ1) is 8.84. The van der Waals surface area contributed by atoms with Crippen LogP contribution in [0.4, 0.5) is 0 Å². The number of pyridine rings is 1. The van der Waals surface area contributed by atoms with Crippen LogP contribution >= 0.6 is 0 Å². The normalized spacial score (nSPS) is 12.6. The topological polar surface area (TPSA) is 38.9 Å². The molecule has 2 nitrogen and oxygen atoms in total. The largest absolute Gasteiger partial charge is 0.324 e. The van der Waals surface area contributed by atoms with Crippen LogP contribution in [0.15, 0.2) is 24.5 Å². The molecule has 0 saturated carbocycles. The molecule has 1 atom stereocenters. The maximum Gasteiger partial charge on any atom is 0.0315 e. The van der Waals surface area contributed by atoms with E-state index in [1.54, 1.807) is 6.20 Å². The van der Waals surface area contributed by atoms with Gasteiger partial charge in [-0.25, -0.2) is 0 Å². The molecule has 0 bridgehead atoms. The quantitative estimate of drug-likeness (QED) is 0.614. The summed E-state index contributed by atoms with van der Waals surface area (Å²) in [6.45, 7) is 2.26. The van der Waals surface area contributed by atoms with E-state index in [4.69, 9.17) is 5.73 Å². The van der Waals surface area contributed by atoms with Gasteiger partial charge in [-0.1, -0.05) is 64.4 Å². The standard InChI is InChI=1S/C16H28N2/c1-2-3-4-5-6-7-8-9-12-16(17)15-11-10-13-18-14-15/h10-11,13-14,16H,2-9,12,17H2,1H3. The van der Waals surface area contributed by atoms with Crippen molar-refractivity contribution in [2.45, 2.75) is 70.8 Å². The van der Waals surface area contributed by atoms with Crippen LogP contribution in [0.3, 0.4) is 0 Å². The van der Waals surface area contributed by atoms with Crippen molar-refractivity contribution in [3.8, 4) is 0 Å². The first kappa shape index (κ1) is 15.2. The molecule has 0 spiro atoms. The van der Waals surface area contributed by atoms with Crippen molar-refractivity contribution in [1.82, 2.24) is 4.98 Å². The van der Waals surface area contributed by atoms with Gasteiger partial charge in [-0.05, 0) is 18.1 Å². The van der Waals surface area contributed by atoms with Crippen LogP contribution in [0.2, 0.25) is 0 Å². The third-order valence-electron chi connectivity index (χ3n) is 3.48. The molecule has 1 rings (SSSR count). The van der Waals surface area contributed by atoms with Gasteiger partial charge in [0.05, 0.1) is 0 Å². The molecule has 1 aromatic rings. The minimum Gasteiger partial charge on any atom is -0.324 e. The van der Waals surface area contributed by atoms with Gasteiger partial charge in [-0.2, -0.15) is 0 Å². The molecule has 2 N–H and O–H groups in total. The molecule has 1 heterocycles. The Balaban J connectivity index is 1.98. The van der Waals surface area contributed by atoms with Gasteiger partial charge in [0.1, 0.15) is 0 Å². The first-order valence-corrected chi connectivity index (χ1v) is 7.50. The van der Waals surface area contributed by atoms with E-state index in [9.17, 15) is 0 Å². The zero-order chi connectivity index (χ0) is 13.1. The second kappa shape index (κ2) is 10.1. The molecule has 2 heteroatoms. The lowest BCUT2D eigenvalue weighted by molar-refractivity contribution is 0.535. The van der Waals surface area contributed by atoms with Crippen LogP contribution in [-0.4, -0.2) is 4.98 Å². The van der Waals surface area contributed by atoms with Crippen molar-refractivity contribution < 1.29 is 0 Å². The van der Waals surface area contributed by atoms with E-state index in [1.807, 2.05) is 12.3 Å². The van der Waals surface area contributed by atoms with E-state index in [0.717, 1.165) is 6.42 Å². The maximum atomic E-state index is 6.14. The van der Waals surface area contributed by atoms with Crippen LogP contribution in [0.1, 0.15) is 76.3 Å². The Kier molecular flexibility index (Phi) is 8.49. The predicted molar refractivity (Wildman–Crippen MR) is 78.4 cm³/mol. The lowest BCUT2D eigenvalue weighted by atomic mass is 10.0. The lowest BCUT2D eigenvalue weighted by Crippen LogP contribution is -2.10. The third-order valence-corrected chi connectivity index (χ3v) is 3.48. The summed E-state index contributed by atoms with van der Waals surface area (Å²) in [7, 11) is 0. The van der Waals surface area contributed by atoms with Crippen molar-refractivity contribution in [2.24, 2.45) is 5.73 Å². The van der Waals surface area contributed by atoms with Crippen LogP contribution in [0.5, 0.6) is 0 Å². The summed E-state index contributed by atoms with van der Waals surface area (Å²) in [4.78, 5) is 4.11. The minimum atomic E-state index is 0.166. The molecule has 0 aromatic carbocycles. The summed E-state index contributed by atoms with van der Waals surface area (Å²) in [5.74, 6) is 0. The highest BCUT2D eigenvalue weighted by atomic mass is 14.7. The first-order valence-electron chi connectivity index (χ1n) is 7.50. The van der Waals surface area contributed by atoms with Crippen molar-refractivity contribution in [1.29, 1.82) is 0 Å². The summed E-state index contributed by atoms with van der Waals surface area (Å²) in [5, 5.41) is 0. The molecule has 0 saturated heterocycles. The smallest absolute Gasteiger partial charge is 0.0315 e. The Labute approximate surface area is 112 Å². The number of aromatic nitrogens is 1. The van der Waals surface area contributed by atoms with E-state index in [-0.39, 0.29) is 6.04 Å². The van der Waals surface area contributed by atoms with Crippen molar-refractivity contribution >= 4 is 0 Å². The molecule has 0 radical (unpaired) electrons. The fraction of sp³-hybridized carbons (Fsp3) is 0.688. The summed E-state index contributed by atoms with van der Waals surface area (Å²) in [6.07, 6.45) is 15.6. The number of nitrogens with zero attached hydrogens (tertiary/aromatic N) is 1. The molecular weight excluding hydrogens is 220 g/mol. The van der Waals surface area contributed by atoms with Crippen LogP contribution in [0, 0.1) is 0 Å². The van der Waals surface area contributed by atoms with Gasteiger partial charge in [0.25, 0.3) is 0 Å². The van der Waals surface area contributed by atoms with Gasteiger partial charge < -0.3 is 5.73 Å². The molecule has 18 heavy (non-hydrogen) atoms. The highest BCUT2D eigenvalue weighted by Gasteiger charge is 2.04. The predicted octanol–water partition coefficient (Wildman–Crippen LogP) is 4.61. The van der Waals surface area contributed by atoms with Crippen LogP contribution < -0.4 is 5.73 Å². The van der Waals surface area contributed by atoms with Gasteiger partial charge in [-0.3, -0.25) is 4.98 Å². The summed E-state index contributed by atoms with van der Waals surface area (Å²) < 4.78 is 0. The van der Waals surface area contributed by atoms with E-state index in [2.05, 4.69) is 18.0 Å². The highest BCUT2D eigenvalue weighted by molar-refractivity contribution is 5.12. The molecule has 0 amide bonds. The Morgan fingerprint density at radius 1 is 1.06 bits per heavy atom. The number of hydrogen-bond acceptors (Lipinski definition) is 2. The zero-order valence-corrected chi connectivity index (χ0v) is 11.8. The fourth-order valence-corrected chi connectivity index (χ4v) is 2.26. The molecule has 0 aliphatic rings. The molecule has 1 unspecified atom stereocenters. The molecule has 102 valence electrons. The molecule has 0 aliphatic heterocycles. The number of nitrogens with two attached hydrogens (primary N) is 1. The zero-order valence-electron chi connectivity index (χ0n) is 11.8. The van der Waals surface area contributed by atoms with Crippen molar-refractivity contribution in [3.05, 3.63) is 30.1 Å². The maximum absolute atomic E-state index is 6.14. The van der Waals surface area contributed by atoms with Gasteiger partial charge in [0, 0.05) is 18.4 Å². The molecule has 0 aliphatic carbocycles. The summed E-state index contributed by atoms with van der Waals surface area (Å²) in [5.41, 5.74) is 7.30. The second-order valence-electron chi connectivity index (χ2n) is 5.16. The average molecular weight is 248 g/mol. The average Bonchev–Trinajstić information content (AvgIpc) is 2.42. The van der Waals surface area contributed by atoms with Crippen LogP contribution in [-0.2, 0) is 0 Å². The Morgan fingerprint density at radius 2 is 1.72 bits per heavy atom. The second-order valence-corrected chi connectivity index (χ2v) is 5.16. The van der Waals surface area contributed by atoms with E-state index >= 15 is 0 Å². The van der Waals surface area contributed by atoms with Crippen molar-refractivity contribution in [2.75, 3.05) is 0 Å². The summed E-state index contributed by atoms with van der Waals surface area (Å²) in [6, 6.07) is 4.20. The van der Waals surface area contributed by atoms with E-state index < -0.39 is 0 Å². The Bertz CT molecular complexity index is 284. The highest BCUT2D eigenvalue weighted by Crippen LogP contribution is 2.17. The van der Waals surface area contributed by atoms with Gasteiger partial charge in [0.2, 0.25) is 0 Å². The van der Waals surface area contributed by atoms with Crippen LogP contribution in [0.25, 0.3) is 0 Å². The number of hydrogen-bond donors (Lipinski definition) is 1. The molecular formula is C16H28N2. The van der Waals surface area contributed by atoms with Gasteiger partial charge in [0.15, 0.2) is 0 Å². The Morgan fingerprint density at radius 3 is 2.33 bits per heavy atom.